The van der Waals surface area contributed by atoms with Crippen LogP contribution in [0.25, 0.3) is 0 Å². The summed E-state index contributed by atoms with van der Waals surface area (Å²) in [4.78, 5) is 0. The third kappa shape index (κ3) is 4.65. The topological polar surface area (TPSA) is 45.0 Å². The molecule has 2 aromatic rings. The molecule has 0 saturated carbocycles. The van der Waals surface area contributed by atoms with E-state index in [9.17, 15) is 9.65 Å². The van der Waals surface area contributed by atoms with E-state index in [4.69, 9.17) is 4.43 Å². The highest BCUT2D eigenvalue weighted by atomic mass is 28.4. The highest BCUT2D eigenvalue weighted by Gasteiger charge is 2.39. The number of benzene rings is 2. The molecular formula is C22H27FN2OSi. The molecule has 0 fully saturated rings. The van der Waals surface area contributed by atoms with Crippen LogP contribution in [0.2, 0.25) is 19.6 Å². The quantitative estimate of drug-likeness (QED) is 0.710. The van der Waals surface area contributed by atoms with Crippen LogP contribution in [0, 0.1) is 17.1 Å². The van der Waals surface area contributed by atoms with Crippen molar-refractivity contribution < 1.29 is 8.82 Å². The van der Waals surface area contributed by atoms with Gasteiger partial charge in [-0.05, 0) is 67.7 Å². The fourth-order valence-corrected chi connectivity index (χ4v) is 4.34. The summed E-state index contributed by atoms with van der Waals surface area (Å²) in [6.45, 7) is 6.95. The predicted molar refractivity (Wildman–Crippen MR) is 108 cm³/mol. The standard InChI is InChI=1S/C22H27FN2OSi/c1-27(2,3)26-15-21(18-8-5-4-6-9-18)25-22(16-24)13-7-10-17-11-12-19(23)14-20(17)22/h4-6,8-9,11-12,14,21,25H,7,10,13,15H2,1-3H3/t21-,22+/m0/s1. The fraction of sp³-hybridized carbons (Fsp3) is 0.409. The number of nitrogens with zero attached hydrogens (tertiary/aromatic N) is 1. The lowest BCUT2D eigenvalue weighted by Crippen LogP contribution is -2.47. The average molecular weight is 383 g/mol. The van der Waals surface area contributed by atoms with Crippen LogP contribution < -0.4 is 5.32 Å². The Morgan fingerprint density at radius 3 is 2.63 bits per heavy atom. The Bertz CT molecular complexity index is 828. The van der Waals surface area contributed by atoms with Crippen molar-refractivity contribution in [3.05, 3.63) is 71.0 Å². The van der Waals surface area contributed by atoms with E-state index >= 15 is 0 Å². The lowest BCUT2D eigenvalue weighted by molar-refractivity contribution is 0.220. The van der Waals surface area contributed by atoms with Gasteiger partial charge in [0.05, 0.1) is 18.7 Å². The smallest absolute Gasteiger partial charge is 0.183 e. The van der Waals surface area contributed by atoms with Gasteiger partial charge in [-0.3, -0.25) is 5.32 Å². The third-order valence-electron chi connectivity index (χ3n) is 5.03. The van der Waals surface area contributed by atoms with Gasteiger partial charge in [-0.15, -0.1) is 0 Å². The van der Waals surface area contributed by atoms with Crippen LogP contribution in [0.5, 0.6) is 0 Å². The summed E-state index contributed by atoms with van der Waals surface area (Å²) in [6, 6.07) is 17.2. The maximum atomic E-state index is 14.0. The van der Waals surface area contributed by atoms with E-state index in [0.717, 1.165) is 29.5 Å². The molecule has 142 valence electrons. The molecule has 1 aliphatic rings. The summed E-state index contributed by atoms with van der Waals surface area (Å²) in [5.74, 6) is -0.299. The second kappa shape index (κ2) is 7.93. The van der Waals surface area contributed by atoms with Gasteiger partial charge in [0.2, 0.25) is 0 Å². The molecule has 5 heteroatoms. The van der Waals surface area contributed by atoms with E-state index in [0.29, 0.717) is 13.0 Å². The third-order valence-corrected chi connectivity index (χ3v) is 6.06. The number of halogens is 1. The molecule has 0 saturated heterocycles. The van der Waals surface area contributed by atoms with Gasteiger partial charge in [-0.2, -0.15) is 5.26 Å². The Hall–Kier alpha value is -2.00. The summed E-state index contributed by atoms with van der Waals surface area (Å²) in [5, 5.41) is 13.7. The van der Waals surface area contributed by atoms with Crippen molar-refractivity contribution in [3.63, 3.8) is 0 Å². The summed E-state index contributed by atoms with van der Waals surface area (Å²) in [5.41, 5.74) is 1.99. The Labute approximate surface area is 162 Å². The van der Waals surface area contributed by atoms with Gasteiger partial charge in [-0.25, -0.2) is 4.39 Å². The van der Waals surface area contributed by atoms with Crippen LogP contribution >= 0.6 is 0 Å². The Morgan fingerprint density at radius 1 is 1.22 bits per heavy atom. The number of nitriles is 1. The lowest BCUT2D eigenvalue weighted by atomic mass is 9.76. The van der Waals surface area contributed by atoms with Crippen molar-refractivity contribution in [2.24, 2.45) is 0 Å². The van der Waals surface area contributed by atoms with Gasteiger partial charge in [0.15, 0.2) is 8.32 Å². The molecule has 0 unspecified atom stereocenters. The molecule has 1 aliphatic carbocycles. The molecule has 0 radical (unpaired) electrons. The largest absolute Gasteiger partial charge is 0.416 e. The number of fused-ring (bicyclic) bond motifs is 1. The number of nitrogens with one attached hydrogen (secondary N) is 1. The maximum Gasteiger partial charge on any atom is 0.183 e. The monoisotopic (exact) mass is 382 g/mol. The Morgan fingerprint density at radius 2 is 1.96 bits per heavy atom. The van der Waals surface area contributed by atoms with Crippen molar-refractivity contribution in [1.82, 2.24) is 5.32 Å². The zero-order valence-electron chi connectivity index (χ0n) is 16.3. The SMILES string of the molecule is C[Si](C)(C)OC[C@H](N[C@@]1(C#N)CCCc2ccc(F)cc21)c1ccccc1. The van der Waals surface area contributed by atoms with Crippen LogP contribution in [-0.4, -0.2) is 14.9 Å². The van der Waals surface area contributed by atoms with Crippen LogP contribution in [0.15, 0.2) is 48.5 Å². The molecule has 2 atom stereocenters. The highest BCUT2D eigenvalue weighted by molar-refractivity contribution is 6.69. The first-order valence-electron chi connectivity index (χ1n) is 9.50. The van der Waals surface area contributed by atoms with Gasteiger partial charge in [0.1, 0.15) is 11.4 Å². The van der Waals surface area contributed by atoms with E-state index in [1.807, 2.05) is 36.4 Å². The highest BCUT2D eigenvalue weighted by Crippen LogP contribution is 2.37. The number of hydrogen-bond donors (Lipinski definition) is 1. The molecule has 0 aliphatic heterocycles. The normalized spacial score (nSPS) is 20.6. The first-order valence-corrected chi connectivity index (χ1v) is 12.9. The van der Waals surface area contributed by atoms with Gasteiger partial charge in [0, 0.05) is 0 Å². The van der Waals surface area contributed by atoms with Gasteiger partial charge in [-0.1, -0.05) is 36.4 Å². The van der Waals surface area contributed by atoms with Crippen molar-refractivity contribution in [3.8, 4) is 6.07 Å². The van der Waals surface area contributed by atoms with Crippen molar-refractivity contribution in [2.45, 2.75) is 50.5 Å². The number of hydrogen-bond acceptors (Lipinski definition) is 3. The Balaban J connectivity index is 1.97. The van der Waals surface area contributed by atoms with Gasteiger partial charge >= 0.3 is 0 Å². The van der Waals surface area contributed by atoms with E-state index in [-0.39, 0.29) is 11.9 Å². The molecule has 27 heavy (non-hydrogen) atoms. The zero-order chi connectivity index (χ0) is 19.5. The minimum atomic E-state index is -1.72. The van der Waals surface area contributed by atoms with Crippen molar-refractivity contribution in [1.29, 1.82) is 5.26 Å². The summed E-state index contributed by atoms with van der Waals surface area (Å²) >= 11 is 0. The predicted octanol–water partition coefficient (Wildman–Crippen LogP) is 5.06. The number of rotatable bonds is 6. The second-order valence-corrected chi connectivity index (χ2v) is 12.7. The Kier molecular flexibility index (Phi) is 5.80. The zero-order valence-corrected chi connectivity index (χ0v) is 17.3. The van der Waals surface area contributed by atoms with Crippen LogP contribution in [0.4, 0.5) is 4.39 Å². The van der Waals surface area contributed by atoms with Gasteiger partial charge in [0.25, 0.3) is 0 Å². The molecule has 0 bridgehead atoms. The molecule has 0 heterocycles. The minimum absolute atomic E-state index is 0.133. The van der Waals surface area contributed by atoms with Crippen LogP contribution in [-0.2, 0) is 16.4 Å². The minimum Gasteiger partial charge on any atom is -0.416 e. The molecule has 0 amide bonds. The first kappa shape index (κ1) is 19.8. The van der Waals surface area contributed by atoms with E-state index < -0.39 is 13.9 Å². The maximum absolute atomic E-state index is 14.0. The summed E-state index contributed by atoms with van der Waals surface area (Å²) < 4.78 is 20.2. The molecule has 3 nitrogen and oxygen atoms in total. The molecule has 3 rings (SSSR count). The molecule has 1 N–H and O–H groups in total. The van der Waals surface area contributed by atoms with Crippen LogP contribution in [0.1, 0.15) is 35.6 Å². The first-order chi connectivity index (χ1) is 12.8. The molecule has 0 spiro atoms. The summed E-state index contributed by atoms with van der Waals surface area (Å²) in [6.07, 6.45) is 2.44. The van der Waals surface area contributed by atoms with E-state index in [1.54, 1.807) is 0 Å². The summed E-state index contributed by atoms with van der Waals surface area (Å²) in [7, 11) is -1.72. The van der Waals surface area contributed by atoms with Crippen LogP contribution in [0.3, 0.4) is 0 Å². The van der Waals surface area contributed by atoms with E-state index in [2.05, 4.69) is 31.0 Å². The molecule has 0 aromatic heterocycles. The van der Waals surface area contributed by atoms with Crippen molar-refractivity contribution >= 4 is 8.32 Å². The molecular weight excluding hydrogens is 355 g/mol. The second-order valence-electron chi connectivity index (χ2n) is 8.20. The molecule has 2 aromatic carbocycles. The van der Waals surface area contributed by atoms with Crippen molar-refractivity contribution in [2.75, 3.05) is 6.61 Å². The van der Waals surface area contributed by atoms with E-state index in [1.165, 1.54) is 12.1 Å². The lowest BCUT2D eigenvalue weighted by Gasteiger charge is -2.38. The fourth-order valence-electron chi connectivity index (χ4n) is 3.68. The average Bonchev–Trinajstić information content (AvgIpc) is 2.65. The van der Waals surface area contributed by atoms with Gasteiger partial charge < -0.3 is 4.43 Å². The number of aryl methyl sites for hydroxylation is 1.